The number of likely N-dealkylation sites (N-methyl/N-ethyl adjacent to an activating group) is 1. The highest BCUT2D eigenvalue weighted by molar-refractivity contribution is 6.00. The lowest BCUT2D eigenvalue weighted by molar-refractivity contribution is -0.140. The number of carboxylic acids is 1. The first-order chi connectivity index (χ1) is 9.11. The first-order valence-corrected chi connectivity index (χ1v) is 6.74. The Hall–Kier alpha value is -1.84. The SMILES string of the molecule is CCC[C@H]1[C@H](C(=O)O)c2ccccc2C(=O)N1CC. The van der Waals surface area contributed by atoms with Crippen LogP contribution in [-0.2, 0) is 4.79 Å². The molecular formula is C15H19NO3. The van der Waals surface area contributed by atoms with E-state index in [0.717, 1.165) is 6.42 Å². The molecule has 1 amide bonds. The van der Waals surface area contributed by atoms with Crippen molar-refractivity contribution in [2.45, 2.75) is 38.6 Å². The third kappa shape index (κ3) is 2.23. The van der Waals surface area contributed by atoms with E-state index in [2.05, 4.69) is 0 Å². The summed E-state index contributed by atoms with van der Waals surface area (Å²) in [7, 11) is 0. The van der Waals surface area contributed by atoms with Crippen molar-refractivity contribution in [1.82, 2.24) is 4.90 Å². The van der Waals surface area contributed by atoms with Crippen LogP contribution >= 0.6 is 0 Å². The van der Waals surface area contributed by atoms with Gasteiger partial charge in [0.05, 0.1) is 0 Å². The van der Waals surface area contributed by atoms with E-state index in [1.54, 1.807) is 29.2 Å². The van der Waals surface area contributed by atoms with E-state index >= 15 is 0 Å². The predicted molar refractivity (Wildman–Crippen MR) is 72.2 cm³/mol. The molecule has 1 aliphatic rings. The van der Waals surface area contributed by atoms with E-state index in [1.165, 1.54) is 0 Å². The monoisotopic (exact) mass is 261 g/mol. The molecule has 4 heteroatoms. The van der Waals surface area contributed by atoms with Gasteiger partial charge < -0.3 is 10.0 Å². The average molecular weight is 261 g/mol. The Balaban J connectivity index is 2.56. The molecule has 1 aromatic carbocycles. The Kier molecular flexibility index (Phi) is 3.88. The van der Waals surface area contributed by atoms with Gasteiger partial charge >= 0.3 is 5.97 Å². The summed E-state index contributed by atoms with van der Waals surface area (Å²) >= 11 is 0. The van der Waals surface area contributed by atoms with Crippen molar-refractivity contribution >= 4 is 11.9 Å². The molecule has 2 rings (SSSR count). The highest BCUT2D eigenvalue weighted by Gasteiger charge is 2.41. The molecule has 0 unspecified atom stereocenters. The second-order valence-electron chi connectivity index (χ2n) is 4.85. The second kappa shape index (κ2) is 5.43. The molecule has 19 heavy (non-hydrogen) atoms. The number of aliphatic carboxylic acids is 1. The number of rotatable bonds is 4. The van der Waals surface area contributed by atoms with Crippen molar-refractivity contribution in [2.24, 2.45) is 0 Å². The number of fused-ring (bicyclic) bond motifs is 1. The fourth-order valence-corrected chi connectivity index (χ4v) is 2.95. The number of hydrogen-bond acceptors (Lipinski definition) is 2. The summed E-state index contributed by atoms with van der Waals surface area (Å²) in [5, 5.41) is 9.54. The van der Waals surface area contributed by atoms with E-state index < -0.39 is 11.9 Å². The minimum Gasteiger partial charge on any atom is -0.481 e. The quantitative estimate of drug-likeness (QED) is 0.906. The van der Waals surface area contributed by atoms with Gasteiger partial charge in [-0.2, -0.15) is 0 Å². The summed E-state index contributed by atoms with van der Waals surface area (Å²) < 4.78 is 0. The average Bonchev–Trinajstić information content (AvgIpc) is 2.39. The Morgan fingerprint density at radius 1 is 1.32 bits per heavy atom. The molecule has 102 valence electrons. The third-order valence-corrected chi connectivity index (χ3v) is 3.76. The molecule has 1 heterocycles. The number of benzene rings is 1. The lowest BCUT2D eigenvalue weighted by Gasteiger charge is -2.40. The summed E-state index contributed by atoms with van der Waals surface area (Å²) in [5.41, 5.74) is 1.19. The number of carbonyl (C=O) groups is 2. The third-order valence-electron chi connectivity index (χ3n) is 3.76. The highest BCUT2D eigenvalue weighted by Crippen LogP contribution is 2.35. The van der Waals surface area contributed by atoms with Crippen LogP contribution in [0.25, 0.3) is 0 Å². The van der Waals surface area contributed by atoms with Gasteiger partial charge in [-0.15, -0.1) is 0 Å². The van der Waals surface area contributed by atoms with E-state index in [9.17, 15) is 14.7 Å². The van der Waals surface area contributed by atoms with Gasteiger partial charge in [-0.25, -0.2) is 0 Å². The number of nitrogens with zero attached hydrogens (tertiary/aromatic N) is 1. The lowest BCUT2D eigenvalue weighted by atomic mass is 9.81. The summed E-state index contributed by atoms with van der Waals surface area (Å²) in [5.74, 6) is -1.51. The van der Waals surface area contributed by atoms with Crippen LogP contribution in [0.1, 0.15) is 48.5 Å². The van der Waals surface area contributed by atoms with Crippen LogP contribution < -0.4 is 0 Å². The molecule has 0 spiro atoms. The zero-order valence-corrected chi connectivity index (χ0v) is 11.3. The molecular weight excluding hydrogens is 242 g/mol. The molecule has 0 saturated heterocycles. The van der Waals surface area contributed by atoms with Crippen LogP contribution in [0.4, 0.5) is 0 Å². The summed E-state index contributed by atoms with van der Waals surface area (Å²) in [6.45, 7) is 4.45. The Morgan fingerprint density at radius 2 is 2.00 bits per heavy atom. The van der Waals surface area contributed by atoms with Gasteiger partial charge in [0.25, 0.3) is 5.91 Å². The van der Waals surface area contributed by atoms with E-state index in [1.807, 2.05) is 13.8 Å². The largest absolute Gasteiger partial charge is 0.481 e. The zero-order valence-electron chi connectivity index (χ0n) is 11.3. The lowest BCUT2D eigenvalue weighted by Crippen LogP contribution is -2.50. The van der Waals surface area contributed by atoms with Crippen LogP contribution in [0.5, 0.6) is 0 Å². The Labute approximate surface area is 113 Å². The first-order valence-electron chi connectivity index (χ1n) is 6.74. The molecule has 2 atom stereocenters. The van der Waals surface area contributed by atoms with E-state index in [-0.39, 0.29) is 11.9 Å². The van der Waals surface area contributed by atoms with Crippen LogP contribution in [0.2, 0.25) is 0 Å². The fourth-order valence-electron chi connectivity index (χ4n) is 2.95. The molecule has 4 nitrogen and oxygen atoms in total. The van der Waals surface area contributed by atoms with Gasteiger partial charge in [0.2, 0.25) is 0 Å². The molecule has 0 aromatic heterocycles. The first kappa shape index (κ1) is 13.6. The van der Waals surface area contributed by atoms with Crippen molar-refractivity contribution in [3.05, 3.63) is 35.4 Å². The number of carboxylic acid groups (broad SMARTS) is 1. The molecule has 0 fully saturated rings. The fraction of sp³-hybridized carbons (Fsp3) is 0.467. The number of amides is 1. The maximum absolute atomic E-state index is 12.4. The standard InChI is InChI=1S/C15H19NO3/c1-3-7-12-13(15(18)19)10-8-5-6-9-11(10)14(17)16(12)4-2/h5-6,8-9,12-13H,3-4,7H2,1-2H3,(H,18,19)/t12-,13+/m0/s1. The van der Waals surface area contributed by atoms with Gasteiger partial charge in [-0.3, -0.25) is 9.59 Å². The maximum atomic E-state index is 12.4. The molecule has 0 saturated carbocycles. The van der Waals surface area contributed by atoms with Crippen LogP contribution in [-0.4, -0.2) is 34.5 Å². The molecule has 0 aliphatic carbocycles. The predicted octanol–water partition coefficient (Wildman–Crippen LogP) is 2.50. The van der Waals surface area contributed by atoms with E-state index in [4.69, 9.17) is 0 Å². The van der Waals surface area contributed by atoms with Crippen LogP contribution in [0.15, 0.2) is 24.3 Å². The molecule has 0 radical (unpaired) electrons. The molecule has 1 N–H and O–H groups in total. The minimum atomic E-state index is -0.850. The smallest absolute Gasteiger partial charge is 0.313 e. The van der Waals surface area contributed by atoms with Crippen molar-refractivity contribution in [1.29, 1.82) is 0 Å². The summed E-state index contributed by atoms with van der Waals surface area (Å²) in [6, 6.07) is 6.83. The van der Waals surface area contributed by atoms with Crippen molar-refractivity contribution < 1.29 is 14.7 Å². The topological polar surface area (TPSA) is 57.6 Å². The van der Waals surface area contributed by atoms with Crippen LogP contribution in [0.3, 0.4) is 0 Å². The van der Waals surface area contributed by atoms with Gasteiger partial charge in [0, 0.05) is 18.2 Å². The Morgan fingerprint density at radius 3 is 2.58 bits per heavy atom. The summed E-state index contributed by atoms with van der Waals surface area (Å²) in [6.07, 6.45) is 1.57. The minimum absolute atomic E-state index is 0.0472. The highest BCUT2D eigenvalue weighted by atomic mass is 16.4. The summed E-state index contributed by atoms with van der Waals surface area (Å²) in [4.78, 5) is 25.8. The van der Waals surface area contributed by atoms with Gasteiger partial charge in [0.15, 0.2) is 0 Å². The van der Waals surface area contributed by atoms with Gasteiger partial charge in [-0.05, 0) is 25.0 Å². The van der Waals surface area contributed by atoms with Crippen molar-refractivity contribution in [3.63, 3.8) is 0 Å². The van der Waals surface area contributed by atoms with Gasteiger partial charge in [0.1, 0.15) is 5.92 Å². The van der Waals surface area contributed by atoms with Crippen molar-refractivity contribution in [3.8, 4) is 0 Å². The molecule has 0 bridgehead atoms. The molecule has 1 aromatic rings. The van der Waals surface area contributed by atoms with Gasteiger partial charge in [-0.1, -0.05) is 31.5 Å². The molecule has 1 aliphatic heterocycles. The maximum Gasteiger partial charge on any atom is 0.313 e. The zero-order chi connectivity index (χ0) is 14.0. The van der Waals surface area contributed by atoms with Crippen LogP contribution in [0, 0.1) is 0 Å². The second-order valence-corrected chi connectivity index (χ2v) is 4.85. The number of hydrogen-bond donors (Lipinski definition) is 1. The number of carbonyl (C=O) groups excluding carboxylic acids is 1. The van der Waals surface area contributed by atoms with E-state index in [0.29, 0.717) is 24.1 Å². The van der Waals surface area contributed by atoms with Crippen molar-refractivity contribution in [2.75, 3.05) is 6.54 Å². The normalized spacial score (nSPS) is 22.2. The Bertz CT molecular complexity index is 498.